The standard InChI is InChI=1S/C14H19N3O3/c1-9-8-10(12(15)18)2-3-11(9)17-13(19)14(16)4-6-20-7-5-14/h2-3,8H,4-7,16H2,1H3,(H2,15,18)(H,17,19). The molecule has 1 aromatic carbocycles. The minimum Gasteiger partial charge on any atom is -0.381 e. The molecule has 108 valence electrons. The van der Waals surface area contributed by atoms with Gasteiger partial charge in [0.25, 0.3) is 0 Å². The van der Waals surface area contributed by atoms with E-state index in [1.54, 1.807) is 25.1 Å². The molecule has 0 atom stereocenters. The van der Waals surface area contributed by atoms with E-state index >= 15 is 0 Å². The molecule has 0 bridgehead atoms. The SMILES string of the molecule is Cc1cc(C(N)=O)ccc1NC(=O)C1(N)CCOCC1. The lowest BCUT2D eigenvalue weighted by molar-refractivity contribution is -0.124. The van der Waals surface area contributed by atoms with Crippen molar-refractivity contribution in [3.05, 3.63) is 29.3 Å². The van der Waals surface area contributed by atoms with Crippen LogP contribution in [0.3, 0.4) is 0 Å². The maximum Gasteiger partial charge on any atom is 0.248 e. The number of hydrogen-bond donors (Lipinski definition) is 3. The zero-order chi connectivity index (χ0) is 14.8. The molecule has 20 heavy (non-hydrogen) atoms. The van der Waals surface area contributed by atoms with Crippen LogP contribution in [0, 0.1) is 6.92 Å². The summed E-state index contributed by atoms with van der Waals surface area (Å²) < 4.78 is 5.22. The molecule has 6 heteroatoms. The highest BCUT2D eigenvalue weighted by atomic mass is 16.5. The first-order valence-corrected chi connectivity index (χ1v) is 6.51. The van der Waals surface area contributed by atoms with E-state index in [4.69, 9.17) is 16.2 Å². The van der Waals surface area contributed by atoms with Crippen molar-refractivity contribution in [2.45, 2.75) is 25.3 Å². The number of nitrogens with one attached hydrogen (secondary N) is 1. The highest BCUT2D eigenvalue weighted by Gasteiger charge is 2.36. The number of ether oxygens (including phenoxy) is 1. The molecule has 2 rings (SSSR count). The number of benzene rings is 1. The highest BCUT2D eigenvalue weighted by Crippen LogP contribution is 2.22. The van der Waals surface area contributed by atoms with Gasteiger partial charge in [-0.1, -0.05) is 0 Å². The predicted molar refractivity (Wildman–Crippen MR) is 75.3 cm³/mol. The second kappa shape index (κ2) is 5.60. The molecule has 0 unspecified atom stereocenters. The number of hydrogen-bond acceptors (Lipinski definition) is 4. The van der Waals surface area contributed by atoms with E-state index in [1.165, 1.54) is 0 Å². The van der Waals surface area contributed by atoms with E-state index in [9.17, 15) is 9.59 Å². The highest BCUT2D eigenvalue weighted by molar-refractivity contribution is 5.99. The van der Waals surface area contributed by atoms with Gasteiger partial charge in [0.15, 0.2) is 0 Å². The van der Waals surface area contributed by atoms with Crippen LogP contribution in [-0.4, -0.2) is 30.6 Å². The van der Waals surface area contributed by atoms with Crippen molar-refractivity contribution < 1.29 is 14.3 Å². The van der Waals surface area contributed by atoms with Gasteiger partial charge in [-0.25, -0.2) is 0 Å². The smallest absolute Gasteiger partial charge is 0.248 e. The first-order valence-electron chi connectivity index (χ1n) is 6.51. The molecule has 2 amide bonds. The molecular formula is C14H19N3O3. The lowest BCUT2D eigenvalue weighted by Gasteiger charge is -2.32. The van der Waals surface area contributed by atoms with Crippen LogP contribution in [0.4, 0.5) is 5.69 Å². The van der Waals surface area contributed by atoms with E-state index in [0.717, 1.165) is 5.56 Å². The van der Waals surface area contributed by atoms with Crippen molar-refractivity contribution in [1.29, 1.82) is 0 Å². The van der Waals surface area contributed by atoms with E-state index in [-0.39, 0.29) is 5.91 Å². The van der Waals surface area contributed by atoms with Crippen molar-refractivity contribution in [3.63, 3.8) is 0 Å². The number of rotatable bonds is 3. The zero-order valence-electron chi connectivity index (χ0n) is 11.4. The Bertz CT molecular complexity index is 536. The molecule has 1 saturated heterocycles. The van der Waals surface area contributed by atoms with Gasteiger partial charge in [-0.2, -0.15) is 0 Å². The maximum atomic E-state index is 12.3. The van der Waals surface area contributed by atoms with Gasteiger partial charge in [0.1, 0.15) is 5.54 Å². The summed E-state index contributed by atoms with van der Waals surface area (Å²) in [6, 6.07) is 4.89. The van der Waals surface area contributed by atoms with E-state index in [2.05, 4.69) is 5.32 Å². The third-order valence-corrected chi connectivity index (χ3v) is 3.60. The van der Waals surface area contributed by atoms with Crippen molar-refractivity contribution in [3.8, 4) is 0 Å². The molecule has 0 saturated carbocycles. The van der Waals surface area contributed by atoms with Crippen molar-refractivity contribution >= 4 is 17.5 Å². The quantitative estimate of drug-likeness (QED) is 0.749. The fourth-order valence-electron chi connectivity index (χ4n) is 2.17. The molecule has 0 aromatic heterocycles. The summed E-state index contributed by atoms with van der Waals surface area (Å²) in [6.45, 7) is 2.78. The molecule has 1 aromatic rings. The molecule has 0 radical (unpaired) electrons. The van der Waals surface area contributed by atoms with Gasteiger partial charge in [0, 0.05) is 24.5 Å². The Morgan fingerprint density at radius 2 is 1.95 bits per heavy atom. The predicted octanol–water partition coefficient (Wildman–Crippen LogP) is 0.540. The molecule has 6 nitrogen and oxygen atoms in total. The summed E-state index contributed by atoms with van der Waals surface area (Å²) in [4.78, 5) is 23.4. The van der Waals surface area contributed by atoms with Gasteiger partial charge in [-0.15, -0.1) is 0 Å². The third-order valence-electron chi connectivity index (χ3n) is 3.60. The number of carbonyl (C=O) groups excluding carboxylic acids is 2. The monoisotopic (exact) mass is 277 g/mol. The van der Waals surface area contributed by atoms with Crippen molar-refractivity contribution in [2.24, 2.45) is 11.5 Å². The molecule has 1 aliphatic rings. The third kappa shape index (κ3) is 2.97. The van der Waals surface area contributed by atoms with Crippen LogP contribution in [0.15, 0.2) is 18.2 Å². The lowest BCUT2D eigenvalue weighted by atomic mass is 9.90. The molecule has 1 aliphatic heterocycles. The number of amides is 2. The van der Waals surface area contributed by atoms with Gasteiger partial charge in [0.05, 0.1) is 0 Å². The molecular weight excluding hydrogens is 258 g/mol. The average Bonchev–Trinajstić information content (AvgIpc) is 2.41. The van der Waals surface area contributed by atoms with Crippen LogP contribution in [-0.2, 0) is 9.53 Å². The summed E-state index contributed by atoms with van der Waals surface area (Å²) in [5.41, 5.74) is 12.2. The fraction of sp³-hybridized carbons (Fsp3) is 0.429. The average molecular weight is 277 g/mol. The van der Waals surface area contributed by atoms with Crippen LogP contribution >= 0.6 is 0 Å². The summed E-state index contributed by atoms with van der Waals surface area (Å²) in [7, 11) is 0. The minimum absolute atomic E-state index is 0.226. The fourth-order valence-corrected chi connectivity index (χ4v) is 2.17. The Morgan fingerprint density at radius 3 is 2.50 bits per heavy atom. The first-order chi connectivity index (χ1) is 9.42. The number of nitrogens with two attached hydrogens (primary N) is 2. The van der Waals surface area contributed by atoms with E-state index in [0.29, 0.717) is 37.3 Å². The normalized spacial score (nSPS) is 17.5. The Balaban J connectivity index is 2.13. The molecule has 0 spiro atoms. The zero-order valence-corrected chi connectivity index (χ0v) is 11.4. The number of primary amides is 1. The molecule has 5 N–H and O–H groups in total. The van der Waals surface area contributed by atoms with Crippen LogP contribution in [0.1, 0.15) is 28.8 Å². The minimum atomic E-state index is -0.896. The van der Waals surface area contributed by atoms with Gasteiger partial charge < -0.3 is 21.5 Å². The van der Waals surface area contributed by atoms with Crippen LogP contribution in [0.2, 0.25) is 0 Å². The van der Waals surface area contributed by atoms with E-state index < -0.39 is 11.4 Å². The van der Waals surface area contributed by atoms with Gasteiger partial charge in [0.2, 0.25) is 11.8 Å². The van der Waals surface area contributed by atoms with Gasteiger partial charge in [-0.05, 0) is 43.5 Å². The van der Waals surface area contributed by atoms with Crippen molar-refractivity contribution in [2.75, 3.05) is 18.5 Å². The second-order valence-corrected chi connectivity index (χ2v) is 5.12. The second-order valence-electron chi connectivity index (χ2n) is 5.12. The topological polar surface area (TPSA) is 107 Å². The van der Waals surface area contributed by atoms with Gasteiger partial charge >= 0.3 is 0 Å². The molecule has 1 heterocycles. The Labute approximate surface area is 117 Å². The summed E-state index contributed by atoms with van der Waals surface area (Å²) in [5.74, 6) is -0.721. The lowest BCUT2D eigenvalue weighted by Crippen LogP contribution is -2.54. The summed E-state index contributed by atoms with van der Waals surface area (Å²) >= 11 is 0. The van der Waals surface area contributed by atoms with Crippen LogP contribution in [0.25, 0.3) is 0 Å². The Hall–Kier alpha value is -1.92. The number of aryl methyl sites for hydroxylation is 1. The Morgan fingerprint density at radius 1 is 1.30 bits per heavy atom. The maximum absolute atomic E-state index is 12.3. The van der Waals surface area contributed by atoms with Crippen molar-refractivity contribution in [1.82, 2.24) is 0 Å². The number of carbonyl (C=O) groups is 2. The van der Waals surface area contributed by atoms with E-state index in [1.807, 2.05) is 0 Å². The van der Waals surface area contributed by atoms with Gasteiger partial charge in [-0.3, -0.25) is 9.59 Å². The van der Waals surface area contributed by atoms with Crippen LogP contribution < -0.4 is 16.8 Å². The summed E-state index contributed by atoms with van der Waals surface area (Å²) in [5, 5.41) is 2.81. The van der Waals surface area contributed by atoms with Crippen LogP contribution in [0.5, 0.6) is 0 Å². The number of anilines is 1. The molecule has 0 aliphatic carbocycles. The Kier molecular flexibility index (Phi) is 4.06. The largest absolute Gasteiger partial charge is 0.381 e. The summed E-state index contributed by atoms with van der Waals surface area (Å²) in [6.07, 6.45) is 0.995. The first kappa shape index (κ1) is 14.5. The molecule has 1 fully saturated rings.